The quantitative estimate of drug-likeness (QED) is 0.0787. The van der Waals surface area contributed by atoms with E-state index in [1.165, 1.54) is 21.6 Å². The largest absolute Gasteiger partial charge is 0.420 e. The van der Waals surface area contributed by atoms with Crippen LogP contribution in [0.25, 0.3) is 17.2 Å². The van der Waals surface area contributed by atoms with Crippen molar-refractivity contribution in [3.8, 4) is 11.6 Å². The third-order valence-electron chi connectivity index (χ3n) is 7.62. The molecular weight excluding hydrogens is 754 g/mol. The molecule has 0 aliphatic heterocycles. The summed E-state index contributed by atoms with van der Waals surface area (Å²) in [5.41, 5.74) is 7.38. The Kier molecular flexibility index (Phi) is 9.64. The van der Waals surface area contributed by atoms with Gasteiger partial charge < -0.3 is 13.8 Å². The number of aryl methyl sites for hydroxylation is 1. The number of halogens is 2. The van der Waals surface area contributed by atoms with Gasteiger partial charge in [-0.1, -0.05) is 83.3 Å². The molecule has 0 bridgehead atoms. The number of aromatic amines is 1. The minimum absolute atomic E-state index is 0.0155. The monoisotopic (exact) mass is 779 g/mol. The fourth-order valence-electron chi connectivity index (χ4n) is 5.44. The van der Waals surface area contributed by atoms with Crippen LogP contribution in [0.2, 0.25) is 0 Å². The average molecular weight is 782 g/mol. The maximum absolute atomic E-state index is 13.3. The first-order chi connectivity index (χ1) is 22.1. The minimum Gasteiger partial charge on any atom is -0.420 e. The molecule has 1 aliphatic rings. The van der Waals surface area contributed by atoms with Crippen LogP contribution in [-0.2, 0) is 11.5 Å². The van der Waals surface area contributed by atoms with Crippen molar-refractivity contribution in [1.29, 1.82) is 0 Å². The number of aromatic nitrogens is 5. The number of hydrogen-bond donors (Lipinski definition) is 1. The van der Waals surface area contributed by atoms with Crippen LogP contribution in [0.3, 0.4) is 0 Å². The van der Waals surface area contributed by atoms with E-state index in [9.17, 15) is 9.59 Å². The van der Waals surface area contributed by atoms with E-state index < -0.39 is 0 Å². The lowest BCUT2D eigenvalue weighted by Crippen LogP contribution is -2.04. The number of hydrogen-bond acceptors (Lipinski definition) is 10. The third-order valence-corrected chi connectivity index (χ3v) is 10.7. The molecular formula is C33H27Br2N5O4S2. The molecule has 0 fully saturated rings. The van der Waals surface area contributed by atoms with E-state index in [0.717, 1.165) is 36.9 Å². The number of nitrogens with one attached hydrogen (secondary N) is 1. The van der Waals surface area contributed by atoms with Crippen LogP contribution in [0.1, 0.15) is 75.5 Å². The normalized spacial score (nSPS) is 13.3. The standard InChI is InChI=1S/C33H27Br2N5O4S2/c1-16-11-24(17(2)27(16)30(41)20-7-5-9-22(34)12-20)32-39-37-25(43-32)14-45-46-15-26-38-40-33(44-26)29-18(3)28(19(4)36-29)31(42)21-8-6-10-23(35)13-21/h5-10,12-13,36H,11,14-15H2,1-4H3. The van der Waals surface area contributed by atoms with Gasteiger partial charge in [-0.25, -0.2) is 0 Å². The number of carbonyl (C=O) groups is 2. The molecule has 0 saturated carbocycles. The summed E-state index contributed by atoms with van der Waals surface area (Å²) in [5, 5.41) is 16.9. The van der Waals surface area contributed by atoms with Crippen LogP contribution in [0.4, 0.5) is 0 Å². The number of ketones is 2. The van der Waals surface area contributed by atoms with E-state index >= 15 is 0 Å². The lowest BCUT2D eigenvalue weighted by atomic mass is 9.97. The maximum atomic E-state index is 13.3. The number of carbonyl (C=O) groups excluding carboxylic acids is 2. The fraction of sp³-hybridized carbons (Fsp3) is 0.212. The van der Waals surface area contributed by atoms with E-state index in [0.29, 0.717) is 69.4 Å². The number of Topliss-reactive ketones (excluding diaryl/α,β-unsaturated/α-hetero) is 1. The van der Waals surface area contributed by atoms with Crippen molar-refractivity contribution >= 4 is 70.6 Å². The highest BCUT2D eigenvalue weighted by atomic mass is 79.9. The summed E-state index contributed by atoms with van der Waals surface area (Å²) in [5.74, 6) is 2.58. The Morgan fingerprint density at radius 1 is 0.804 bits per heavy atom. The Morgan fingerprint density at radius 3 is 1.98 bits per heavy atom. The highest BCUT2D eigenvalue weighted by Gasteiger charge is 2.29. The van der Waals surface area contributed by atoms with Crippen molar-refractivity contribution in [2.24, 2.45) is 0 Å². The summed E-state index contributed by atoms with van der Waals surface area (Å²) in [6, 6.07) is 14.7. The van der Waals surface area contributed by atoms with Gasteiger partial charge in [0.15, 0.2) is 11.6 Å². The Morgan fingerprint density at radius 2 is 1.37 bits per heavy atom. The fourth-order valence-corrected chi connectivity index (χ4v) is 7.95. The van der Waals surface area contributed by atoms with Gasteiger partial charge in [0.2, 0.25) is 17.7 Å². The molecule has 6 rings (SSSR count). The maximum Gasteiger partial charge on any atom is 0.264 e. The molecule has 3 heterocycles. The van der Waals surface area contributed by atoms with Crippen molar-refractivity contribution in [2.45, 2.75) is 45.6 Å². The number of rotatable bonds is 11. The van der Waals surface area contributed by atoms with Gasteiger partial charge in [0.25, 0.3) is 5.89 Å². The Hall–Kier alpha value is -3.52. The van der Waals surface area contributed by atoms with Gasteiger partial charge in [-0.3, -0.25) is 9.59 Å². The zero-order valence-electron chi connectivity index (χ0n) is 25.2. The smallest absolute Gasteiger partial charge is 0.264 e. The van der Waals surface area contributed by atoms with Gasteiger partial charge in [-0.2, -0.15) is 0 Å². The first-order valence-corrected chi connectivity index (χ1v) is 18.3. The second-order valence-electron chi connectivity index (χ2n) is 10.8. The van der Waals surface area contributed by atoms with Crippen molar-refractivity contribution in [2.75, 3.05) is 0 Å². The average Bonchev–Trinajstić information content (AvgIpc) is 3.81. The predicted octanol–water partition coefficient (Wildman–Crippen LogP) is 9.28. The summed E-state index contributed by atoms with van der Waals surface area (Å²) in [6.45, 7) is 7.63. The van der Waals surface area contributed by atoms with Crippen molar-refractivity contribution in [3.63, 3.8) is 0 Å². The van der Waals surface area contributed by atoms with Gasteiger partial charge in [0, 0.05) is 42.5 Å². The zero-order chi connectivity index (χ0) is 32.5. The van der Waals surface area contributed by atoms with Gasteiger partial charge in [0.1, 0.15) is 5.69 Å². The van der Waals surface area contributed by atoms with Crippen molar-refractivity contribution in [3.05, 3.63) is 120 Å². The molecule has 234 valence electrons. The molecule has 3 aromatic heterocycles. The van der Waals surface area contributed by atoms with Gasteiger partial charge in [0.05, 0.1) is 11.5 Å². The van der Waals surface area contributed by atoms with Crippen LogP contribution >= 0.6 is 53.4 Å². The van der Waals surface area contributed by atoms with Crippen LogP contribution in [0.15, 0.2) is 83.0 Å². The summed E-state index contributed by atoms with van der Waals surface area (Å²) in [7, 11) is 3.06. The second-order valence-corrected chi connectivity index (χ2v) is 15.1. The first kappa shape index (κ1) is 32.4. The van der Waals surface area contributed by atoms with E-state index in [4.69, 9.17) is 8.83 Å². The number of benzene rings is 2. The summed E-state index contributed by atoms with van der Waals surface area (Å²) in [4.78, 5) is 29.8. The number of nitrogens with zero attached hydrogens (tertiary/aromatic N) is 4. The molecule has 1 N–H and O–H groups in total. The molecule has 2 aromatic carbocycles. The van der Waals surface area contributed by atoms with E-state index in [-0.39, 0.29) is 11.6 Å². The minimum atomic E-state index is -0.0741. The topological polar surface area (TPSA) is 128 Å². The first-order valence-electron chi connectivity index (χ1n) is 14.2. The number of allylic oxidation sites excluding steroid dienone is 4. The Bertz CT molecular complexity index is 2060. The zero-order valence-corrected chi connectivity index (χ0v) is 30.0. The lowest BCUT2D eigenvalue weighted by molar-refractivity contribution is 0.102. The Balaban J connectivity index is 1.06. The van der Waals surface area contributed by atoms with Crippen LogP contribution in [-0.4, -0.2) is 36.9 Å². The molecule has 0 unspecified atom stereocenters. The highest BCUT2D eigenvalue weighted by molar-refractivity contribution is 9.10. The van der Waals surface area contributed by atoms with Crippen LogP contribution in [0.5, 0.6) is 0 Å². The SMILES string of the molecule is CC1=C(C(=O)c2cccc(Br)c2)C(C)=C(c2nnc(CSSCc3nnc(-c4[nH]c(C)c(C(=O)c5cccc(Br)c5)c4C)o3)o2)C1. The predicted molar refractivity (Wildman–Crippen MR) is 186 cm³/mol. The molecule has 0 amide bonds. The summed E-state index contributed by atoms with van der Waals surface area (Å²) in [6.07, 6.45) is 0.587. The molecule has 0 saturated heterocycles. The molecule has 0 radical (unpaired) electrons. The van der Waals surface area contributed by atoms with E-state index in [2.05, 4.69) is 57.2 Å². The molecule has 46 heavy (non-hydrogen) atoms. The molecule has 1 aliphatic carbocycles. The molecule has 13 heteroatoms. The molecule has 5 aromatic rings. The Labute approximate surface area is 289 Å². The van der Waals surface area contributed by atoms with Crippen molar-refractivity contribution < 1.29 is 18.4 Å². The van der Waals surface area contributed by atoms with Gasteiger partial charge >= 0.3 is 0 Å². The summed E-state index contributed by atoms with van der Waals surface area (Å²) >= 11 is 6.88. The van der Waals surface area contributed by atoms with E-state index in [1.54, 1.807) is 12.1 Å². The molecule has 9 nitrogen and oxygen atoms in total. The van der Waals surface area contributed by atoms with Gasteiger partial charge in [-0.15, -0.1) is 20.4 Å². The summed E-state index contributed by atoms with van der Waals surface area (Å²) < 4.78 is 13.6. The third kappa shape index (κ3) is 6.64. The number of H-pyrrole nitrogens is 1. The molecule has 0 spiro atoms. The lowest BCUT2D eigenvalue weighted by Gasteiger charge is -2.06. The van der Waals surface area contributed by atoms with E-state index in [1.807, 2.05) is 64.1 Å². The van der Waals surface area contributed by atoms with Gasteiger partial charge in [-0.05, 0) is 69.5 Å². The molecule has 0 atom stereocenters. The highest BCUT2D eigenvalue weighted by Crippen LogP contribution is 2.40. The van der Waals surface area contributed by atoms with Crippen molar-refractivity contribution in [1.82, 2.24) is 25.4 Å². The van der Waals surface area contributed by atoms with Crippen LogP contribution in [0, 0.1) is 13.8 Å². The second kappa shape index (κ2) is 13.7. The van der Waals surface area contributed by atoms with Crippen LogP contribution < -0.4 is 0 Å².